The third-order valence-electron chi connectivity index (χ3n) is 4.77. The second kappa shape index (κ2) is 10.2. The molecular weight excluding hydrogens is 368 g/mol. The molecule has 1 amide bonds. The van der Waals surface area contributed by atoms with Gasteiger partial charge in [-0.3, -0.25) is 9.69 Å². The number of fused-ring (bicyclic) bond motifs is 1. The molecule has 1 heterocycles. The van der Waals surface area contributed by atoms with Gasteiger partial charge in [0, 0.05) is 18.8 Å². The van der Waals surface area contributed by atoms with E-state index in [4.69, 9.17) is 14.2 Å². The molecule has 0 aromatic heterocycles. The molecule has 0 fully saturated rings. The van der Waals surface area contributed by atoms with Gasteiger partial charge in [-0.05, 0) is 74.7 Å². The Balaban J connectivity index is 1.61. The molecule has 29 heavy (non-hydrogen) atoms. The van der Waals surface area contributed by atoms with Crippen LogP contribution < -0.4 is 19.5 Å². The molecule has 2 aromatic rings. The van der Waals surface area contributed by atoms with Crippen LogP contribution in [0, 0.1) is 0 Å². The first kappa shape index (κ1) is 21.0. The molecule has 0 saturated heterocycles. The first-order valence-electron chi connectivity index (χ1n) is 10.3. The van der Waals surface area contributed by atoms with Crippen LogP contribution in [0.15, 0.2) is 36.4 Å². The number of hydrogen-bond donors (Lipinski definition) is 1. The van der Waals surface area contributed by atoms with Crippen molar-refractivity contribution in [2.45, 2.75) is 33.7 Å². The third kappa shape index (κ3) is 5.64. The Morgan fingerprint density at radius 3 is 2.17 bits per heavy atom. The number of carbonyl (C=O) groups is 1. The minimum Gasteiger partial charge on any atom is -0.494 e. The molecule has 6 heteroatoms. The van der Waals surface area contributed by atoms with Crippen LogP contribution >= 0.6 is 0 Å². The summed E-state index contributed by atoms with van der Waals surface area (Å²) < 4.78 is 16.9. The maximum absolute atomic E-state index is 12.5. The molecule has 6 nitrogen and oxygen atoms in total. The van der Waals surface area contributed by atoms with Gasteiger partial charge in [0.05, 0.1) is 26.4 Å². The molecule has 0 unspecified atom stereocenters. The summed E-state index contributed by atoms with van der Waals surface area (Å²) >= 11 is 0. The molecule has 3 rings (SSSR count). The number of rotatable bonds is 9. The Bertz CT molecular complexity index is 820. The van der Waals surface area contributed by atoms with Gasteiger partial charge in [-0.15, -0.1) is 0 Å². The van der Waals surface area contributed by atoms with Crippen molar-refractivity contribution in [2.24, 2.45) is 0 Å². The van der Waals surface area contributed by atoms with Crippen LogP contribution in [0.25, 0.3) is 0 Å². The number of ether oxygens (including phenoxy) is 3. The van der Waals surface area contributed by atoms with Crippen molar-refractivity contribution < 1.29 is 19.0 Å². The van der Waals surface area contributed by atoms with E-state index in [-0.39, 0.29) is 5.91 Å². The van der Waals surface area contributed by atoms with E-state index < -0.39 is 0 Å². The summed E-state index contributed by atoms with van der Waals surface area (Å²) in [6.45, 7) is 9.61. The van der Waals surface area contributed by atoms with E-state index in [1.54, 1.807) is 0 Å². The Kier molecular flexibility index (Phi) is 7.36. The number of benzene rings is 2. The lowest BCUT2D eigenvalue weighted by Crippen LogP contribution is -2.37. The first-order chi connectivity index (χ1) is 14.1. The average molecular weight is 399 g/mol. The summed E-state index contributed by atoms with van der Waals surface area (Å²) in [5, 5.41) is 2.96. The van der Waals surface area contributed by atoms with Crippen molar-refractivity contribution in [1.29, 1.82) is 0 Å². The lowest BCUT2D eigenvalue weighted by molar-refractivity contribution is -0.117. The van der Waals surface area contributed by atoms with Gasteiger partial charge < -0.3 is 19.5 Å². The second-order valence-electron chi connectivity index (χ2n) is 6.90. The molecule has 0 atom stereocenters. The molecular formula is C23H30N2O4. The maximum Gasteiger partial charge on any atom is 0.238 e. The Hall–Kier alpha value is -2.73. The van der Waals surface area contributed by atoms with E-state index in [0.29, 0.717) is 26.4 Å². The van der Waals surface area contributed by atoms with E-state index in [1.807, 2.05) is 45.0 Å². The number of anilines is 1. The summed E-state index contributed by atoms with van der Waals surface area (Å²) in [4.78, 5) is 14.6. The van der Waals surface area contributed by atoms with Crippen molar-refractivity contribution in [2.75, 3.05) is 38.2 Å². The number of nitrogens with one attached hydrogen (secondary N) is 1. The number of nitrogens with zero attached hydrogens (tertiary/aromatic N) is 1. The van der Waals surface area contributed by atoms with E-state index in [9.17, 15) is 4.79 Å². The largest absolute Gasteiger partial charge is 0.494 e. The predicted octanol–water partition coefficient (Wildman–Crippen LogP) is 3.88. The van der Waals surface area contributed by atoms with Crippen LogP contribution in [-0.2, 0) is 17.8 Å². The second-order valence-corrected chi connectivity index (χ2v) is 6.90. The minimum atomic E-state index is -0.0198. The normalized spacial score (nSPS) is 13.5. The standard InChI is InChI=1S/C23H30N2O4/c1-4-27-20-9-7-19(8-10-20)24-23(26)16-25-12-11-17-13-21(28-5-2)22(29-6-3)14-18(17)15-25/h7-10,13-14H,4-6,11-12,15-16H2,1-3H3,(H,24,26). The quantitative estimate of drug-likeness (QED) is 0.695. The van der Waals surface area contributed by atoms with Crippen LogP contribution in [0.2, 0.25) is 0 Å². The number of carbonyl (C=O) groups excluding carboxylic acids is 1. The van der Waals surface area contributed by atoms with Crippen molar-refractivity contribution in [3.05, 3.63) is 47.5 Å². The molecule has 0 spiro atoms. The van der Waals surface area contributed by atoms with Crippen LogP contribution in [0.4, 0.5) is 5.69 Å². The summed E-state index contributed by atoms with van der Waals surface area (Å²) in [5.74, 6) is 2.35. The monoisotopic (exact) mass is 398 g/mol. The highest BCUT2D eigenvalue weighted by Crippen LogP contribution is 2.33. The minimum absolute atomic E-state index is 0.0198. The zero-order valence-corrected chi connectivity index (χ0v) is 17.5. The average Bonchev–Trinajstić information content (AvgIpc) is 2.70. The summed E-state index contributed by atoms with van der Waals surface area (Å²) in [6.07, 6.45) is 0.887. The molecule has 1 aliphatic rings. The van der Waals surface area contributed by atoms with E-state index >= 15 is 0 Å². The predicted molar refractivity (Wildman–Crippen MR) is 114 cm³/mol. The molecule has 0 bridgehead atoms. The SMILES string of the molecule is CCOc1ccc(NC(=O)CN2CCc3cc(OCC)c(OCC)cc3C2)cc1. The van der Waals surface area contributed by atoms with Crippen LogP contribution in [0.5, 0.6) is 17.2 Å². The van der Waals surface area contributed by atoms with Gasteiger partial charge >= 0.3 is 0 Å². The van der Waals surface area contributed by atoms with Gasteiger partial charge in [0.1, 0.15) is 5.75 Å². The maximum atomic E-state index is 12.5. The van der Waals surface area contributed by atoms with Crippen molar-refractivity contribution in [3.8, 4) is 17.2 Å². The van der Waals surface area contributed by atoms with Crippen molar-refractivity contribution >= 4 is 11.6 Å². The Labute approximate surface area is 172 Å². The lowest BCUT2D eigenvalue weighted by atomic mass is 9.98. The molecule has 0 aliphatic carbocycles. The zero-order chi connectivity index (χ0) is 20.6. The summed E-state index contributed by atoms with van der Waals surface area (Å²) in [7, 11) is 0. The molecule has 2 aromatic carbocycles. The van der Waals surface area contributed by atoms with Crippen molar-refractivity contribution in [1.82, 2.24) is 4.90 Å². The zero-order valence-electron chi connectivity index (χ0n) is 17.5. The fourth-order valence-corrected chi connectivity index (χ4v) is 3.50. The smallest absolute Gasteiger partial charge is 0.238 e. The number of hydrogen-bond acceptors (Lipinski definition) is 5. The highest BCUT2D eigenvalue weighted by atomic mass is 16.5. The summed E-state index contributed by atoms with van der Waals surface area (Å²) in [6, 6.07) is 11.6. The fourth-order valence-electron chi connectivity index (χ4n) is 3.50. The Morgan fingerprint density at radius 1 is 0.931 bits per heavy atom. The van der Waals surface area contributed by atoms with Gasteiger partial charge in [0.15, 0.2) is 11.5 Å². The molecule has 1 N–H and O–H groups in total. The van der Waals surface area contributed by atoms with Gasteiger partial charge in [-0.1, -0.05) is 0 Å². The van der Waals surface area contributed by atoms with Gasteiger partial charge in [-0.25, -0.2) is 0 Å². The van der Waals surface area contributed by atoms with Crippen LogP contribution in [-0.4, -0.2) is 43.7 Å². The van der Waals surface area contributed by atoms with E-state index in [2.05, 4.69) is 22.3 Å². The summed E-state index contributed by atoms with van der Waals surface area (Å²) in [5.41, 5.74) is 3.23. The lowest BCUT2D eigenvalue weighted by Gasteiger charge is -2.29. The van der Waals surface area contributed by atoms with Crippen molar-refractivity contribution in [3.63, 3.8) is 0 Å². The fraction of sp³-hybridized carbons (Fsp3) is 0.435. The number of amides is 1. The van der Waals surface area contributed by atoms with E-state index in [0.717, 1.165) is 42.4 Å². The topological polar surface area (TPSA) is 60.0 Å². The first-order valence-corrected chi connectivity index (χ1v) is 10.3. The van der Waals surface area contributed by atoms with Gasteiger partial charge in [0.25, 0.3) is 0 Å². The van der Waals surface area contributed by atoms with Gasteiger partial charge in [-0.2, -0.15) is 0 Å². The van der Waals surface area contributed by atoms with Gasteiger partial charge in [0.2, 0.25) is 5.91 Å². The van der Waals surface area contributed by atoms with Crippen LogP contribution in [0.1, 0.15) is 31.9 Å². The molecule has 156 valence electrons. The Morgan fingerprint density at radius 2 is 1.55 bits per heavy atom. The third-order valence-corrected chi connectivity index (χ3v) is 4.77. The highest BCUT2D eigenvalue weighted by Gasteiger charge is 2.21. The molecule has 0 radical (unpaired) electrons. The van der Waals surface area contributed by atoms with E-state index in [1.165, 1.54) is 11.1 Å². The molecule has 1 aliphatic heterocycles. The highest BCUT2D eigenvalue weighted by molar-refractivity contribution is 5.92. The molecule has 0 saturated carbocycles. The van der Waals surface area contributed by atoms with Crippen LogP contribution in [0.3, 0.4) is 0 Å².